The van der Waals surface area contributed by atoms with E-state index in [1.165, 1.54) is 0 Å². The van der Waals surface area contributed by atoms with E-state index in [0.717, 1.165) is 6.07 Å². The van der Waals surface area contributed by atoms with Crippen LogP contribution in [-0.4, -0.2) is 11.3 Å². The first kappa shape index (κ1) is 14.0. The Bertz CT molecular complexity index is 687. The molecule has 104 valence electrons. The van der Waals surface area contributed by atoms with Crippen LogP contribution in [0.15, 0.2) is 12.1 Å². The number of rotatable bonds is 2. The van der Waals surface area contributed by atoms with E-state index in [0.29, 0.717) is 6.07 Å². The molecular weight excluding hydrogens is 288 g/mol. The van der Waals surface area contributed by atoms with Gasteiger partial charge in [0.1, 0.15) is 0 Å². The van der Waals surface area contributed by atoms with Crippen molar-refractivity contribution in [2.24, 2.45) is 0 Å². The molecule has 8 heteroatoms. The summed E-state index contributed by atoms with van der Waals surface area (Å²) in [6.07, 6.45) is 0.0554. The van der Waals surface area contributed by atoms with Gasteiger partial charge in [0.15, 0.2) is 29.6 Å². The Morgan fingerprint density at radius 3 is 1.80 bits per heavy atom. The molecule has 1 aromatic carbocycles. The molecule has 0 saturated carbocycles. The molecular formula is C12H3F6NO. The van der Waals surface area contributed by atoms with E-state index >= 15 is 0 Å². The van der Waals surface area contributed by atoms with Crippen molar-refractivity contribution >= 4 is 6.29 Å². The number of aromatic nitrogens is 1. The largest absolute Gasteiger partial charge is 0.298 e. The van der Waals surface area contributed by atoms with Crippen molar-refractivity contribution in [1.82, 2.24) is 4.98 Å². The number of pyridine rings is 1. The number of carbonyl (C=O) groups is 1. The highest BCUT2D eigenvalue weighted by Gasteiger charge is 2.28. The van der Waals surface area contributed by atoms with Gasteiger partial charge in [0, 0.05) is 5.56 Å². The minimum absolute atomic E-state index is 0.0554. The topological polar surface area (TPSA) is 30.0 Å². The van der Waals surface area contributed by atoms with Crippen molar-refractivity contribution in [3.05, 3.63) is 52.7 Å². The molecule has 0 radical (unpaired) electrons. The van der Waals surface area contributed by atoms with Crippen molar-refractivity contribution < 1.29 is 31.1 Å². The standard InChI is InChI=1S/C12H3F6NO/c13-5-2-1-4(3-20)12(19-5)6-7(14)9(16)11(18)10(17)8(6)15/h1-3H. The average Bonchev–Trinajstić information content (AvgIpc) is 2.43. The van der Waals surface area contributed by atoms with Gasteiger partial charge >= 0.3 is 0 Å². The Kier molecular flexibility index (Phi) is 3.47. The summed E-state index contributed by atoms with van der Waals surface area (Å²) >= 11 is 0. The van der Waals surface area contributed by atoms with Gasteiger partial charge in [-0.1, -0.05) is 0 Å². The minimum atomic E-state index is -2.35. The van der Waals surface area contributed by atoms with Crippen molar-refractivity contribution in [3.8, 4) is 11.3 Å². The summed E-state index contributed by atoms with van der Waals surface area (Å²) in [4.78, 5) is 13.7. The van der Waals surface area contributed by atoms with Crippen LogP contribution in [0.5, 0.6) is 0 Å². The first-order valence-electron chi connectivity index (χ1n) is 5.02. The van der Waals surface area contributed by atoms with Crippen molar-refractivity contribution in [3.63, 3.8) is 0 Å². The summed E-state index contributed by atoms with van der Waals surface area (Å²) in [5.41, 5.74) is -2.94. The van der Waals surface area contributed by atoms with Gasteiger partial charge in [0.2, 0.25) is 11.8 Å². The van der Waals surface area contributed by atoms with Crippen LogP contribution in [0.2, 0.25) is 0 Å². The molecule has 0 atom stereocenters. The van der Waals surface area contributed by atoms with Crippen LogP contribution < -0.4 is 0 Å². The lowest BCUT2D eigenvalue weighted by molar-refractivity contribution is 0.112. The van der Waals surface area contributed by atoms with Gasteiger partial charge in [0.25, 0.3) is 0 Å². The minimum Gasteiger partial charge on any atom is -0.298 e. The molecule has 0 N–H and O–H groups in total. The first-order chi connectivity index (χ1) is 9.38. The van der Waals surface area contributed by atoms with E-state index in [9.17, 15) is 31.1 Å². The maximum absolute atomic E-state index is 13.5. The first-order valence-corrected chi connectivity index (χ1v) is 5.02. The van der Waals surface area contributed by atoms with Crippen LogP contribution in [0.25, 0.3) is 11.3 Å². The molecule has 0 aliphatic heterocycles. The van der Waals surface area contributed by atoms with E-state index in [1.54, 1.807) is 0 Å². The molecule has 2 aromatic rings. The third-order valence-electron chi connectivity index (χ3n) is 2.47. The number of hydrogen-bond acceptors (Lipinski definition) is 2. The summed E-state index contributed by atoms with van der Waals surface area (Å²) in [6, 6.07) is 1.52. The Morgan fingerprint density at radius 2 is 1.30 bits per heavy atom. The van der Waals surface area contributed by atoms with Crippen LogP contribution in [0, 0.1) is 35.0 Å². The maximum Gasteiger partial charge on any atom is 0.213 e. The lowest BCUT2D eigenvalue weighted by Crippen LogP contribution is -2.07. The molecule has 0 aliphatic carbocycles. The Morgan fingerprint density at radius 1 is 0.800 bits per heavy atom. The summed E-state index contributed by atoms with van der Waals surface area (Å²) in [5, 5.41) is 0. The fourth-order valence-electron chi connectivity index (χ4n) is 1.55. The lowest BCUT2D eigenvalue weighted by Gasteiger charge is -2.09. The predicted octanol–water partition coefficient (Wildman–Crippen LogP) is 3.40. The van der Waals surface area contributed by atoms with E-state index in [-0.39, 0.29) is 6.29 Å². The maximum atomic E-state index is 13.5. The SMILES string of the molecule is O=Cc1ccc(F)nc1-c1c(F)c(F)c(F)c(F)c1F. The van der Waals surface area contributed by atoms with Crippen LogP contribution in [0.1, 0.15) is 10.4 Å². The Labute approximate surface area is 107 Å². The number of nitrogens with zero attached hydrogens (tertiary/aromatic N) is 1. The fraction of sp³-hybridized carbons (Fsp3) is 0. The fourth-order valence-corrected chi connectivity index (χ4v) is 1.55. The van der Waals surface area contributed by atoms with Gasteiger partial charge in [0.05, 0.1) is 11.3 Å². The van der Waals surface area contributed by atoms with Gasteiger partial charge in [-0.2, -0.15) is 4.39 Å². The second kappa shape index (κ2) is 4.95. The molecule has 1 aromatic heterocycles. The highest BCUT2D eigenvalue weighted by Crippen LogP contribution is 2.31. The number of hydrogen-bond donors (Lipinski definition) is 0. The molecule has 0 saturated heterocycles. The van der Waals surface area contributed by atoms with Gasteiger partial charge < -0.3 is 0 Å². The number of benzene rings is 1. The van der Waals surface area contributed by atoms with Gasteiger partial charge in [-0.25, -0.2) is 26.9 Å². The monoisotopic (exact) mass is 291 g/mol. The number of carbonyl (C=O) groups excluding carboxylic acids is 1. The van der Waals surface area contributed by atoms with Crippen molar-refractivity contribution in [1.29, 1.82) is 0 Å². The van der Waals surface area contributed by atoms with Gasteiger partial charge in [-0.15, -0.1) is 0 Å². The summed E-state index contributed by atoms with van der Waals surface area (Å²) in [5.74, 6) is -12.4. The van der Waals surface area contributed by atoms with Gasteiger partial charge in [-0.05, 0) is 12.1 Å². The summed E-state index contributed by atoms with van der Waals surface area (Å²) in [7, 11) is 0. The Balaban J connectivity index is 2.90. The zero-order chi connectivity index (χ0) is 15.0. The highest BCUT2D eigenvalue weighted by molar-refractivity contribution is 5.85. The third-order valence-corrected chi connectivity index (χ3v) is 2.47. The molecule has 1 heterocycles. The van der Waals surface area contributed by atoms with Crippen LogP contribution >= 0.6 is 0 Å². The van der Waals surface area contributed by atoms with E-state index in [1.807, 2.05) is 0 Å². The van der Waals surface area contributed by atoms with Crippen LogP contribution in [0.4, 0.5) is 26.3 Å². The highest BCUT2D eigenvalue weighted by atomic mass is 19.2. The second-order valence-electron chi connectivity index (χ2n) is 3.63. The number of aldehydes is 1. The Hall–Kier alpha value is -2.38. The van der Waals surface area contributed by atoms with Crippen LogP contribution in [-0.2, 0) is 0 Å². The molecule has 0 fully saturated rings. The molecule has 0 unspecified atom stereocenters. The van der Waals surface area contributed by atoms with Gasteiger partial charge in [-0.3, -0.25) is 4.79 Å². The lowest BCUT2D eigenvalue weighted by atomic mass is 10.0. The second-order valence-corrected chi connectivity index (χ2v) is 3.63. The third kappa shape index (κ3) is 2.02. The quantitative estimate of drug-likeness (QED) is 0.279. The molecule has 0 aliphatic rings. The summed E-state index contributed by atoms with van der Waals surface area (Å²) in [6.45, 7) is 0. The normalized spacial score (nSPS) is 10.7. The number of halogens is 6. The van der Waals surface area contributed by atoms with Crippen molar-refractivity contribution in [2.75, 3.05) is 0 Å². The van der Waals surface area contributed by atoms with E-state index < -0.39 is 51.9 Å². The molecule has 0 spiro atoms. The van der Waals surface area contributed by atoms with E-state index in [4.69, 9.17) is 0 Å². The molecule has 0 amide bonds. The van der Waals surface area contributed by atoms with Crippen molar-refractivity contribution in [2.45, 2.75) is 0 Å². The zero-order valence-electron chi connectivity index (χ0n) is 9.36. The van der Waals surface area contributed by atoms with Crippen LogP contribution in [0.3, 0.4) is 0 Å². The zero-order valence-corrected chi connectivity index (χ0v) is 9.36. The predicted molar refractivity (Wildman–Crippen MR) is 54.8 cm³/mol. The molecule has 2 rings (SSSR count). The summed E-state index contributed by atoms with van der Waals surface area (Å²) < 4.78 is 79.0. The van der Waals surface area contributed by atoms with E-state index in [2.05, 4.69) is 4.98 Å². The molecule has 20 heavy (non-hydrogen) atoms. The molecule has 0 bridgehead atoms. The smallest absolute Gasteiger partial charge is 0.213 e. The molecule has 2 nitrogen and oxygen atoms in total. The average molecular weight is 291 g/mol.